The lowest BCUT2D eigenvalue weighted by Crippen LogP contribution is -2.50. The molecule has 31 heavy (non-hydrogen) atoms. The van der Waals surface area contributed by atoms with Crippen molar-refractivity contribution in [2.45, 2.75) is 6.18 Å². The number of ether oxygens (including phenoxy) is 1. The molecule has 0 unspecified atom stereocenters. The van der Waals surface area contributed by atoms with Crippen LogP contribution in [0, 0.1) is 0 Å². The Morgan fingerprint density at radius 2 is 1.71 bits per heavy atom. The number of benzene rings is 2. The van der Waals surface area contributed by atoms with Gasteiger partial charge in [-0.2, -0.15) is 13.2 Å². The molecule has 0 atom stereocenters. The van der Waals surface area contributed by atoms with Crippen molar-refractivity contribution in [3.05, 3.63) is 65.0 Å². The fourth-order valence-electron chi connectivity index (χ4n) is 3.47. The molecule has 4 rings (SSSR count). The number of halogens is 3. The average Bonchev–Trinajstić information content (AvgIpc) is 3.21. The lowest BCUT2D eigenvalue weighted by atomic mass is 10.1. The molecule has 5 nitrogen and oxygen atoms in total. The number of fused-ring (bicyclic) bond motifs is 1. The number of amides is 1. The van der Waals surface area contributed by atoms with Gasteiger partial charge in [-0.05, 0) is 35.7 Å². The lowest BCUT2D eigenvalue weighted by molar-refractivity contribution is -0.137. The van der Waals surface area contributed by atoms with Gasteiger partial charge in [0.25, 0.3) is 5.91 Å². The first-order chi connectivity index (χ1) is 14.8. The maximum atomic E-state index is 12.9. The molecular formula is C22H19F3N2O3S. The van der Waals surface area contributed by atoms with Crippen LogP contribution in [0.5, 0.6) is 0 Å². The minimum Gasteiger partial charge on any atom is -0.451 e. The van der Waals surface area contributed by atoms with Crippen LogP contribution in [0.1, 0.15) is 15.2 Å². The highest BCUT2D eigenvalue weighted by Crippen LogP contribution is 2.32. The molecule has 1 amide bonds. The van der Waals surface area contributed by atoms with E-state index in [1.165, 1.54) is 17.4 Å². The summed E-state index contributed by atoms with van der Waals surface area (Å²) >= 11 is 1.31. The summed E-state index contributed by atoms with van der Waals surface area (Å²) in [5.41, 5.74) is -0.227. The molecule has 1 aliphatic rings. The van der Waals surface area contributed by atoms with Crippen molar-refractivity contribution < 1.29 is 27.5 Å². The Morgan fingerprint density at radius 3 is 2.42 bits per heavy atom. The molecule has 0 aliphatic carbocycles. The van der Waals surface area contributed by atoms with E-state index in [1.807, 2.05) is 29.2 Å². The van der Waals surface area contributed by atoms with Gasteiger partial charge < -0.3 is 14.5 Å². The minimum atomic E-state index is -4.40. The Labute approximate surface area is 180 Å². The number of nitrogens with zero attached hydrogens (tertiary/aromatic N) is 2. The van der Waals surface area contributed by atoms with Crippen molar-refractivity contribution in [2.24, 2.45) is 0 Å². The normalized spacial score (nSPS) is 14.7. The number of hydrogen-bond donors (Lipinski definition) is 0. The summed E-state index contributed by atoms with van der Waals surface area (Å²) < 4.78 is 44.9. The number of carbonyl (C=O) groups excluding carboxylic acids is 2. The van der Waals surface area contributed by atoms with E-state index < -0.39 is 17.7 Å². The van der Waals surface area contributed by atoms with Crippen molar-refractivity contribution in [3.63, 3.8) is 0 Å². The molecule has 1 aromatic heterocycles. The number of carbonyl (C=O) groups is 2. The molecule has 0 bridgehead atoms. The molecular weight excluding hydrogens is 429 g/mol. The standard InChI is InChI=1S/C22H19F3N2O3S/c23-22(24,25)16-5-3-6-17(13-16)26-8-10-27(11-9-26)20(28)14-30-21(29)19-12-15-4-1-2-7-18(15)31-19/h1-7,12-13H,8-11,14H2. The third-order valence-corrected chi connectivity index (χ3v) is 6.22. The number of hydrogen-bond acceptors (Lipinski definition) is 5. The molecule has 1 saturated heterocycles. The maximum absolute atomic E-state index is 12.9. The number of alkyl halides is 3. The van der Waals surface area contributed by atoms with Gasteiger partial charge in [0, 0.05) is 36.6 Å². The van der Waals surface area contributed by atoms with Crippen molar-refractivity contribution in [1.29, 1.82) is 0 Å². The van der Waals surface area contributed by atoms with Crippen LogP contribution >= 0.6 is 11.3 Å². The number of esters is 1. The van der Waals surface area contributed by atoms with Gasteiger partial charge in [-0.15, -0.1) is 11.3 Å². The minimum absolute atomic E-state index is 0.321. The summed E-state index contributed by atoms with van der Waals surface area (Å²) in [6.07, 6.45) is -4.40. The van der Waals surface area contributed by atoms with Gasteiger partial charge in [-0.1, -0.05) is 24.3 Å². The second-order valence-electron chi connectivity index (χ2n) is 7.14. The van der Waals surface area contributed by atoms with Gasteiger partial charge in [0.15, 0.2) is 6.61 Å². The summed E-state index contributed by atoms with van der Waals surface area (Å²) in [7, 11) is 0. The van der Waals surface area contributed by atoms with E-state index in [2.05, 4.69) is 0 Å². The van der Waals surface area contributed by atoms with Crippen molar-refractivity contribution in [2.75, 3.05) is 37.7 Å². The van der Waals surface area contributed by atoms with Crippen LogP contribution in [-0.4, -0.2) is 49.6 Å². The summed E-state index contributed by atoms with van der Waals surface area (Å²) in [6.45, 7) is 1.12. The highest BCUT2D eigenvalue weighted by atomic mass is 32.1. The first kappa shape index (κ1) is 21.2. The summed E-state index contributed by atoms with van der Waals surface area (Å²) in [4.78, 5) is 28.5. The first-order valence-corrected chi connectivity index (χ1v) is 10.5. The number of anilines is 1. The van der Waals surface area contributed by atoms with Crippen LogP contribution in [0.4, 0.5) is 18.9 Å². The lowest BCUT2D eigenvalue weighted by Gasteiger charge is -2.36. The van der Waals surface area contributed by atoms with Gasteiger partial charge in [0.2, 0.25) is 0 Å². The Balaban J connectivity index is 1.30. The van der Waals surface area contributed by atoms with Crippen LogP contribution < -0.4 is 4.90 Å². The highest BCUT2D eigenvalue weighted by molar-refractivity contribution is 7.20. The number of thiophene rings is 1. The van der Waals surface area contributed by atoms with E-state index in [0.717, 1.165) is 22.2 Å². The van der Waals surface area contributed by atoms with E-state index in [-0.39, 0.29) is 12.5 Å². The predicted octanol–water partition coefficient (Wildman–Crippen LogP) is 4.43. The quantitative estimate of drug-likeness (QED) is 0.555. The van der Waals surface area contributed by atoms with Crippen molar-refractivity contribution >= 4 is 39.0 Å². The molecule has 0 radical (unpaired) electrons. The number of piperazine rings is 1. The third-order valence-electron chi connectivity index (χ3n) is 5.12. The largest absolute Gasteiger partial charge is 0.451 e. The van der Waals surface area contributed by atoms with Crippen LogP contribution in [0.25, 0.3) is 10.1 Å². The zero-order valence-electron chi connectivity index (χ0n) is 16.4. The Hall–Kier alpha value is -3.07. The topological polar surface area (TPSA) is 49.9 Å². The molecule has 2 aromatic carbocycles. The first-order valence-electron chi connectivity index (χ1n) is 9.67. The van der Waals surface area contributed by atoms with E-state index >= 15 is 0 Å². The summed E-state index contributed by atoms with van der Waals surface area (Å²) in [5, 5.41) is 0.941. The Bertz CT molecular complexity index is 1070. The van der Waals surface area contributed by atoms with Crippen molar-refractivity contribution in [3.8, 4) is 0 Å². The average molecular weight is 448 g/mol. The van der Waals surface area contributed by atoms with Gasteiger partial charge in [0.05, 0.1) is 5.56 Å². The Morgan fingerprint density at radius 1 is 0.968 bits per heavy atom. The molecule has 1 aliphatic heterocycles. The number of rotatable bonds is 4. The van der Waals surface area contributed by atoms with Crippen LogP contribution in [0.3, 0.4) is 0 Å². The molecule has 0 spiro atoms. The molecule has 0 saturated carbocycles. The van der Waals surface area contributed by atoms with E-state index in [0.29, 0.717) is 36.7 Å². The van der Waals surface area contributed by atoms with Crippen LogP contribution in [0.2, 0.25) is 0 Å². The molecule has 0 N–H and O–H groups in total. The summed E-state index contributed by atoms with van der Waals surface area (Å²) in [6, 6.07) is 14.5. The van der Waals surface area contributed by atoms with Crippen LogP contribution in [0.15, 0.2) is 54.6 Å². The van der Waals surface area contributed by atoms with Crippen LogP contribution in [-0.2, 0) is 15.7 Å². The predicted molar refractivity (Wildman–Crippen MR) is 112 cm³/mol. The summed E-state index contributed by atoms with van der Waals surface area (Å²) in [5.74, 6) is -0.865. The maximum Gasteiger partial charge on any atom is 0.416 e. The molecule has 1 fully saturated rings. The SMILES string of the molecule is O=C(OCC(=O)N1CCN(c2cccc(C(F)(F)F)c2)CC1)c1cc2ccccc2s1. The van der Waals surface area contributed by atoms with E-state index in [1.54, 1.807) is 17.0 Å². The van der Waals surface area contributed by atoms with Crippen molar-refractivity contribution in [1.82, 2.24) is 4.90 Å². The van der Waals surface area contributed by atoms with E-state index in [9.17, 15) is 22.8 Å². The van der Waals surface area contributed by atoms with Gasteiger partial charge in [-0.25, -0.2) is 4.79 Å². The van der Waals surface area contributed by atoms with Gasteiger partial charge in [0.1, 0.15) is 4.88 Å². The second-order valence-corrected chi connectivity index (χ2v) is 8.22. The second kappa shape index (κ2) is 8.58. The zero-order valence-corrected chi connectivity index (χ0v) is 17.2. The molecule has 9 heteroatoms. The van der Waals surface area contributed by atoms with E-state index in [4.69, 9.17) is 4.74 Å². The fourth-order valence-corrected chi connectivity index (χ4v) is 4.42. The monoisotopic (exact) mass is 448 g/mol. The zero-order chi connectivity index (χ0) is 22.0. The third kappa shape index (κ3) is 4.82. The Kier molecular flexibility index (Phi) is 5.86. The van der Waals surface area contributed by atoms with Gasteiger partial charge >= 0.3 is 12.1 Å². The smallest absolute Gasteiger partial charge is 0.416 e. The highest BCUT2D eigenvalue weighted by Gasteiger charge is 2.31. The molecule has 3 aromatic rings. The molecule has 2 heterocycles. The fraction of sp³-hybridized carbons (Fsp3) is 0.273. The van der Waals surface area contributed by atoms with Gasteiger partial charge in [-0.3, -0.25) is 4.79 Å². The molecule has 162 valence electrons.